The predicted octanol–water partition coefficient (Wildman–Crippen LogP) is 1.47. The number of hydrogen-bond acceptors (Lipinski definition) is 3. The van der Waals surface area contributed by atoms with Gasteiger partial charge in [0.05, 0.1) is 13.2 Å². The van der Waals surface area contributed by atoms with Crippen LogP contribution < -0.4 is 0 Å². The van der Waals surface area contributed by atoms with Gasteiger partial charge in [0.1, 0.15) is 5.78 Å². The van der Waals surface area contributed by atoms with Crippen LogP contribution in [0.2, 0.25) is 0 Å². The Morgan fingerprint density at radius 1 is 1.47 bits per heavy atom. The average Bonchev–Trinajstić information content (AvgIpc) is 2.24. The molecule has 2 atom stereocenters. The summed E-state index contributed by atoms with van der Waals surface area (Å²) in [5.41, 5.74) is 0. The molecule has 0 aromatic rings. The van der Waals surface area contributed by atoms with Gasteiger partial charge in [0, 0.05) is 31.5 Å². The zero-order chi connectivity index (χ0) is 10.7. The van der Waals surface area contributed by atoms with Crippen LogP contribution in [0.15, 0.2) is 0 Å². The molecule has 2 unspecified atom stereocenters. The molecule has 0 aromatic heterocycles. The molecule has 2 aliphatic rings. The Morgan fingerprint density at radius 3 is 3.07 bits per heavy atom. The highest BCUT2D eigenvalue weighted by Gasteiger charge is 2.27. The van der Waals surface area contributed by atoms with Crippen LogP contribution in [0.25, 0.3) is 0 Å². The number of Topliss-reactive ketones (excluding diaryl/α,β-unsaturated/α-hetero) is 1. The fourth-order valence-corrected chi connectivity index (χ4v) is 2.56. The summed E-state index contributed by atoms with van der Waals surface area (Å²) in [5.74, 6) is 0.791. The van der Waals surface area contributed by atoms with Gasteiger partial charge in [0.15, 0.2) is 0 Å². The first-order valence-corrected chi connectivity index (χ1v) is 6.12. The molecule has 0 bridgehead atoms. The van der Waals surface area contributed by atoms with Crippen molar-refractivity contribution in [3.8, 4) is 0 Å². The third kappa shape index (κ3) is 2.79. The molecular formula is C12H21NO2. The van der Waals surface area contributed by atoms with E-state index in [0.717, 1.165) is 45.6 Å². The quantitative estimate of drug-likeness (QED) is 0.692. The summed E-state index contributed by atoms with van der Waals surface area (Å²) in [6, 6.07) is 0.480. The van der Waals surface area contributed by atoms with Crippen LogP contribution in [-0.4, -0.2) is 43.0 Å². The van der Waals surface area contributed by atoms with Crippen molar-refractivity contribution in [1.82, 2.24) is 4.90 Å². The van der Waals surface area contributed by atoms with Crippen molar-refractivity contribution in [3.63, 3.8) is 0 Å². The molecule has 1 heterocycles. The lowest BCUT2D eigenvalue weighted by Crippen LogP contribution is -2.47. The number of carbonyl (C=O) groups excluding carboxylic acids is 1. The molecule has 0 aromatic carbocycles. The van der Waals surface area contributed by atoms with Crippen LogP contribution in [0.3, 0.4) is 0 Å². The van der Waals surface area contributed by atoms with Gasteiger partial charge >= 0.3 is 0 Å². The Labute approximate surface area is 91.8 Å². The standard InChI is InChI=1S/C12H21NO2/c1-10-9-15-7-6-13(10)8-11-4-2-3-5-12(11)14/h10-11H,2-9H2,1H3. The number of nitrogens with zero attached hydrogens (tertiary/aromatic N) is 1. The van der Waals surface area contributed by atoms with Gasteiger partial charge < -0.3 is 4.74 Å². The number of hydrogen-bond donors (Lipinski definition) is 0. The summed E-state index contributed by atoms with van der Waals surface area (Å²) in [6.07, 6.45) is 4.25. The van der Waals surface area contributed by atoms with Crippen molar-refractivity contribution in [2.75, 3.05) is 26.3 Å². The second kappa shape index (κ2) is 5.08. The van der Waals surface area contributed by atoms with E-state index < -0.39 is 0 Å². The van der Waals surface area contributed by atoms with Gasteiger partial charge in [0.25, 0.3) is 0 Å². The molecule has 0 spiro atoms. The molecule has 0 N–H and O–H groups in total. The first kappa shape index (κ1) is 11.1. The maximum Gasteiger partial charge on any atom is 0.137 e. The number of ketones is 1. The van der Waals surface area contributed by atoms with Crippen LogP contribution in [0.5, 0.6) is 0 Å². The topological polar surface area (TPSA) is 29.5 Å². The van der Waals surface area contributed by atoms with Crippen molar-refractivity contribution >= 4 is 5.78 Å². The van der Waals surface area contributed by atoms with E-state index >= 15 is 0 Å². The third-order valence-corrected chi connectivity index (χ3v) is 3.64. The van der Waals surface area contributed by atoms with Crippen LogP contribution in [-0.2, 0) is 9.53 Å². The molecule has 15 heavy (non-hydrogen) atoms. The molecular weight excluding hydrogens is 190 g/mol. The highest BCUT2D eigenvalue weighted by Crippen LogP contribution is 2.22. The highest BCUT2D eigenvalue weighted by molar-refractivity contribution is 5.81. The molecule has 3 heteroatoms. The second-order valence-corrected chi connectivity index (χ2v) is 4.83. The van der Waals surface area contributed by atoms with E-state index in [9.17, 15) is 4.79 Å². The minimum Gasteiger partial charge on any atom is -0.379 e. The van der Waals surface area contributed by atoms with Gasteiger partial charge in [-0.05, 0) is 19.8 Å². The molecule has 3 nitrogen and oxygen atoms in total. The van der Waals surface area contributed by atoms with Gasteiger partial charge in [-0.1, -0.05) is 6.42 Å². The van der Waals surface area contributed by atoms with Gasteiger partial charge in [-0.3, -0.25) is 9.69 Å². The third-order valence-electron chi connectivity index (χ3n) is 3.64. The Bertz CT molecular complexity index is 230. The lowest BCUT2D eigenvalue weighted by molar-refractivity contribution is -0.126. The summed E-state index contributed by atoms with van der Waals surface area (Å²) < 4.78 is 5.40. The van der Waals surface area contributed by atoms with Crippen molar-refractivity contribution < 1.29 is 9.53 Å². The molecule has 1 saturated heterocycles. The first-order valence-electron chi connectivity index (χ1n) is 6.12. The van der Waals surface area contributed by atoms with E-state index in [2.05, 4.69) is 11.8 Å². The summed E-state index contributed by atoms with van der Waals surface area (Å²) in [5, 5.41) is 0. The smallest absolute Gasteiger partial charge is 0.137 e. The van der Waals surface area contributed by atoms with Gasteiger partial charge in [-0.25, -0.2) is 0 Å². The fraction of sp³-hybridized carbons (Fsp3) is 0.917. The Kier molecular flexibility index (Phi) is 3.76. The molecule has 2 rings (SSSR count). The van der Waals surface area contributed by atoms with Crippen molar-refractivity contribution in [2.24, 2.45) is 5.92 Å². The van der Waals surface area contributed by atoms with Crippen LogP contribution in [0, 0.1) is 5.92 Å². The molecule has 1 saturated carbocycles. The lowest BCUT2D eigenvalue weighted by atomic mass is 9.87. The normalized spacial score (nSPS) is 34.3. The Morgan fingerprint density at radius 2 is 2.33 bits per heavy atom. The van der Waals surface area contributed by atoms with E-state index in [0.29, 0.717) is 17.7 Å². The molecule has 2 fully saturated rings. The number of rotatable bonds is 2. The predicted molar refractivity (Wildman–Crippen MR) is 58.8 cm³/mol. The molecule has 0 amide bonds. The molecule has 1 aliphatic heterocycles. The van der Waals surface area contributed by atoms with E-state index in [1.165, 1.54) is 6.42 Å². The van der Waals surface area contributed by atoms with Gasteiger partial charge in [-0.2, -0.15) is 0 Å². The van der Waals surface area contributed by atoms with Gasteiger partial charge in [-0.15, -0.1) is 0 Å². The zero-order valence-electron chi connectivity index (χ0n) is 9.58. The maximum absolute atomic E-state index is 11.7. The van der Waals surface area contributed by atoms with E-state index in [1.54, 1.807) is 0 Å². The second-order valence-electron chi connectivity index (χ2n) is 4.83. The summed E-state index contributed by atoms with van der Waals surface area (Å²) in [7, 11) is 0. The van der Waals surface area contributed by atoms with E-state index in [-0.39, 0.29) is 0 Å². The molecule has 86 valence electrons. The summed E-state index contributed by atoms with van der Waals surface area (Å²) >= 11 is 0. The SMILES string of the molecule is CC1COCCN1CC1CCCCC1=O. The fourth-order valence-electron chi connectivity index (χ4n) is 2.56. The Hall–Kier alpha value is -0.410. The zero-order valence-corrected chi connectivity index (χ0v) is 9.58. The molecule has 0 radical (unpaired) electrons. The average molecular weight is 211 g/mol. The van der Waals surface area contributed by atoms with Gasteiger partial charge in [0.2, 0.25) is 0 Å². The number of ether oxygens (including phenoxy) is 1. The highest BCUT2D eigenvalue weighted by atomic mass is 16.5. The van der Waals surface area contributed by atoms with Crippen molar-refractivity contribution in [1.29, 1.82) is 0 Å². The summed E-state index contributed by atoms with van der Waals surface area (Å²) in [6.45, 7) is 5.78. The lowest BCUT2D eigenvalue weighted by Gasteiger charge is -2.36. The Balaban J connectivity index is 1.86. The van der Waals surface area contributed by atoms with E-state index in [4.69, 9.17) is 4.74 Å². The van der Waals surface area contributed by atoms with E-state index in [1.807, 2.05) is 0 Å². The van der Waals surface area contributed by atoms with Crippen LogP contribution >= 0.6 is 0 Å². The summed E-state index contributed by atoms with van der Waals surface area (Å²) in [4.78, 5) is 14.1. The monoisotopic (exact) mass is 211 g/mol. The molecule has 1 aliphatic carbocycles. The van der Waals surface area contributed by atoms with Crippen molar-refractivity contribution in [2.45, 2.75) is 38.6 Å². The van der Waals surface area contributed by atoms with Crippen LogP contribution in [0.1, 0.15) is 32.6 Å². The first-order chi connectivity index (χ1) is 7.27. The van der Waals surface area contributed by atoms with Crippen molar-refractivity contribution in [3.05, 3.63) is 0 Å². The largest absolute Gasteiger partial charge is 0.379 e. The maximum atomic E-state index is 11.7. The van der Waals surface area contributed by atoms with Crippen LogP contribution in [0.4, 0.5) is 0 Å². The number of carbonyl (C=O) groups is 1. The number of morpholine rings is 1. The minimum atomic E-state index is 0.305. The minimum absolute atomic E-state index is 0.305.